The number of carbonyl (C=O) groups is 7. The number of hydrogen-bond donors (Lipinski definition) is 14. The van der Waals surface area contributed by atoms with E-state index in [1.807, 2.05) is 55.5 Å². The Balaban J connectivity index is 1.05. The van der Waals surface area contributed by atoms with Crippen LogP contribution in [0.3, 0.4) is 0 Å². The highest BCUT2D eigenvalue weighted by Gasteiger charge is 2.50. The van der Waals surface area contributed by atoms with E-state index in [-0.39, 0.29) is 55.3 Å². The maximum absolute atomic E-state index is 14.7. The number of aliphatic hydroxyl groups excluding tert-OH is 6. The smallest absolute Gasteiger partial charge is 0.253 e. The highest BCUT2D eigenvalue weighted by molar-refractivity contribution is 7.17. The first kappa shape index (κ1) is 69.6. The fraction of sp³-hybridized carbons (Fsp3) is 0.484. The number of phenols is 1. The number of fused-ring (bicyclic) bond motifs is 2. The molecule has 0 saturated carbocycles. The lowest BCUT2D eigenvalue weighted by molar-refractivity contribution is -0.147. The number of aromatic hydroxyl groups is 1. The molecule has 0 aliphatic carbocycles. The quantitative estimate of drug-likeness (QED) is 0.0356. The normalized spacial score (nSPS) is 24.6. The molecule has 1 unspecified atom stereocenters. The largest absolute Gasteiger partial charge is 0.504 e. The molecule has 13 atom stereocenters. The van der Waals surface area contributed by atoms with Crippen molar-refractivity contribution in [1.82, 2.24) is 51.6 Å². The Morgan fingerprint density at radius 2 is 1.40 bits per heavy atom. The van der Waals surface area contributed by atoms with E-state index in [9.17, 15) is 69.3 Å². The molecule has 0 spiro atoms. The van der Waals surface area contributed by atoms with Gasteiger partial charge in [-0.1, -0.05) is 60.7 Å². The van der Waals surface area contributed by atoms with E-state index in [1.165, 1.54) is 54.8 Å². The van der Waals surface area contributed by atoms with E-state index in [2.05, 4.69) is 41.8 Å². The number of ether oxygens (including phenoxy) is 3. The summed E-state index contributed by atoms with van der Waals surface area (Å²) in [5, 5.41) is 101. The number of benzene rings is 3. The molecule has 3 aliphatic rings. The molecule has 7 amide bonds. The highest BCUT2D eigenvalue weighted by atomic mass is 32.1. The third kappa shape index (κ3) is 17.4. The van der Waals surface area contributed by atoms with Crippen molar-refractivity contribution in [3.05, 3.63) is 96.2 Å². The van der Waals surface area contributed by atoms with Crippen LogP contribution >= 0.6 is 11.3 Å². The van der Waals surface area contributed by atoms with Crippen molar-refractivity contribution in [3.8, 4) is 49.6 Å². The first-order valence-electron chi connectivity index (χ1n) is 30.3. The molecule has 0 bridgehead atoms. The molecule has 92 heavy (non-hydrogen) atoms. The lowest BCUT2D eigenvalue weighted by atomic mass is 9.98. The predicted molar refractivity (Wildman–Crippen MR) is 332 cm³/mol. The summed E-state index contributed by atoms with van der Waals surface area (Å²) in [6.07, 6.45) is -10.3. The monoisotopic (exact) mass is 1300 g/mol. The van der Waals surface area contributed by atoms with Crippen molar-refractivity contribution in [2.45, 2.75) is 126 Å². The summed E-state index contributed by atoms with van der Waals surface area (Å²) < 4.78 is 16.7. The zero-order chi connectivity index (χ0) is 66.3. The number of rotatable bonds is 21. The van der Waals surface area contributed by atoms with E-state index in [4.69, 9.17) is 25.7 Å². The van der Waals surface area contributed by atoms with Gasteiger partial charge in [0.1, 0.15) is 59.3 Å². The summed E-state index contributed by atoms with van der Waals surface area (Å²) in [7, 11) is 0. The van der Waals surface area contributed by atoms with Gasteiger partial charge in [-0.15, -0.1) is 10.2 Å². The molecule has 3 aliphatic heterocycles. The molecule has 5 aromatic rings. The molecule has 5 heterocycles. The summed E-state index contributed by atoms with van der Waals surface area (Å²) >= 11 is 1.24. The highest BCUT2D eigenvalue weighted by Crippen LogP contribution is 2.33. The summed E-state index contributed by atoms with van der Waals surface area (Å²) in [5.41, 5.74) is 14.7. The first-order valence-corrected chi connectivity index (χ1v) is 31.2. The number of aliphatic hydroxyl groups is 6. The number of β-amino-alcohol motifs (C(OH)–C–C–N with tert-alkyl or cyclic N) is 1. The molecule has 16 N–H and O–H groups in total. The fourth-order valence-electron chi connectivity index (χ4n) is 10.9. The van der Waals surface area contributed by atoms with Gasteiger partial charge in [-0.3, -0.25) is 38.5 Å². The van der Waals surface area contributed by atoms with Crippen LogP contribution in [0.5, 0.6) is 17.2 Å². The molecule has 29 nitrogen and oxygen atoms in total. The van der Waals surface area contributed by atoms with Crippen molar-refractivity contribution in [2.75, 3.05) is 59.2 Å². The first-order chi connectivity index (χ1) is 44.1. The Morgan fingerprint density at radius 3 is 2.08 bits per heavy atom. The topological polar surface area (TPSA) is 446 Å². The zero-order valence-corrected chi connectivity index (χ0v) is 51.8. The SMILES string of the molecule is CCOCCOc1ccc(-c2ccc(-c3nnc(-c4ccc(C(=O)NC5C[C@@H](O)CNC(=O)[C@@H]6[C@@H](O)[C@@H](C)CN6C(=O)[C@H]([C@H](O)CCN)NC(=O)[C@H]([C@H](O)Cc6ccc(O)c(OCCCN)c6)NC(=O)[C@@H]6C[C@@H](O)CN6C(=O)[C@H]([C@@H](C)O)NC5=O)cn4)s3)cc2)cc1. The molecule has 3 saturated heterocycles. The van der Waals surface area contributed by atoms with E-state index < -0.39 is 152 Å². The van der Waals surface area contributed by atoms with Gasteiger partial charge < -0.3 is 97.8 Å². The molecule has 30 heteroatoms. The number of carbonyl (C=O) groups excluding carboxylic acids is 7. The van der Waals surface area contributed by atoms with E-state index in [0.29, 0.717) is 42.0 Å². The van der Waals surface area contributed by atoms with Crippen molar-refractivity contribution >= 4 is 52.7 Å². The summed E-state index contributed by atoms with van der Waals surface area (Å²) in [4.78, 5) is 108. The molecular weight excluding hydrogens is 1220 g/mol. The molecule has 3 aromatic carbocycles. The zero-order valence-electron chi connectivity index (χ0n) is 51.0. The van der Waals surface area contributed by atoms with Crippen molar-refractivity contribution in [3.63, 3.8) is 0 Å². The van der Waals surface area contributed by atoms with E-state index >= 15 is 0 Å². The van der Waals surface area contributed by atoms with Crippen molar-refractivity contribution in [2.24, 2.45) is 17.4 Å². The molecule has 3 fully saturated rings. The average Bonchev–Trinajstić information content (AvgIpc) is 1.70. The van der Waals surface area contributed by atoms with Crippen LogP contribution in [0.1, 0.15) is 62.4 Å². The maximum atomic E-state index is 14.7. The number of hydrogen-bond acceptors (Lipinski definition) is 23. The number of nitrogens with one attached hydrogen (secondary N) is 5. The van der Waals surface area contributed by atoms with E-state index in [1.54, 1.807) is 0 Å². The third-order valence-electron chi connectivity index (χ3n) is 16.0. The molecule has 8 rings (SSSR count). The Bertz CT molecular complexity index is 3350. The minimum absolute atomic E-state index is 0.00112. The van der Waals surface area contributed by atoms with Crippen molar-refractivity contribution in [1.29, 1.82) is 0 Å². The van der Waals surface area contributed by atoms with Gasteiger partial charge in [0.25, 0.3) is 5.91 Å². The number of phenolic OH excluding ortho intramolecular Hbond substituents is 1. The summed E-state index contributed by atoms with van der Waals surface area (Å²) in [6, 6.07) is 11.3. The molecule has 0 radical (unpaired) electrons. The standard InChI is InChI=1S/C62H80N12O17S/c1-4-89-22-23-90-41-14-11-36(12-15-41)35-7-9-37(10-8-35)59-71-72-60(92-59)42-16-13-38(28-65-42)54(82)67-43-26-39(76)29-66-58(86)52-53(81)32(2)30-74(52)62(88)51(46(79)18-20-64)70-57(85)50(47(80)24-34-6-17-45(78)48(25-34)91-21-5-19-63)69-56(84)44-27-40(77)31-73(44)61(87)49(33(3)75)68-55(43)83/h6-17,25,28,32-33,39-40,43-44,46-47,49-53,75-81H,4-5,18-24,26-27,29-31,63-64H2,1-3H3,(H,66,86)(H,67,82)(H,68,83)(H,69,84)(H,70,85)/t32-,33+,39+,40+,43?,44-,46+,47+,49-,50-,51-,52-,53-/m0/s1. The van der Waals surface area contributed by atoms with Crippen LogP contribution in [0.4, 0.5) is 0 Å². The molecule has 2 aromatic heterocycles. The van der Waals surface area contributed by atoms with Gasteiger partial charge in [0.05, 0.1) is 55.4 Å². The van der Waals surface area contributed by atoms with Crippen LogP contribution in [-0.4, -0.2) is 234 Å². The van der Waals surface area contributed by atoms with Crippen LogP contribution in [0, 0.1) is 5.92 Å². The van der Waals surface area contributed by atoms with Gasteiger partial charge in [0, 0.05) is 63.2 Å². The average molecular weight is 1300 g/mol. The van der Waals surface area contributed by atoms with Crippen LogP contribution in [0.15, 0.2) is 85.1 Å². The van der Waals surface area contributed by atoms with Crippen LogP contribution in [-0.2, 0) is 39.9 Å². The minimum Gasteiger partial charge on any atom is -0.504 e. The van der Waals surface area contributed by atoms with Gasteiger partial charge in [-0.25, -0.2) is 0 Å². The number of pyridine rings is 1. The lowest BCUT2D eigenvalue weighted by Crippen LogP contribution is -2.64. The second-order valence-corrected chi connectivity index (χ2v) is 23.8. The summed E-state index contributed by atoms with van der Waals surface area (Å²) in [6.45, 7) is 4.79. The minimum atomic E-state index is -2.05. The van der Waals surface area contributed by atoms with Crippen LogP contribution in [0.2, 0.25) is 0 Å². The lowest BCUT2D eigenvalue weighted by Gasteiger charge is -2.34. The van der Waals surface area contributed by atoms with Crippen molar-refractivity contribution < 1.29 is 83.5 Å². The second-order valence-electron chi connectivity index (χ2n) is 22.9. The maximum Gasteiger partial charge on any atom is 0.253 e. The Hall–Kier alpha value is -8.30. The Labute approximate surface area is 533 Å². The second kappa shape index (κ2) is 32.3. The van der Waals surface area contributed by atoms with Gasteiger partial charge in [0.15, 0.2) is 16.5 Å². The Morgan fingerprint density at radius 1 is 0.728 bits per heavy atom. The van der Waals surface area contributed by atoms with Gasteiger partial charge >= 0.3 is 0 Å². The molecule has 496 valence electrons. The number of amides is 7. The number of nitrogens with zero attached hydrogens (tertiary/aromatic N) is 5. The van der Waals surface area contributed by atoms with Gasteiger partial charge in [0.2, 0.25) is 35.4 Å². The Kier molecular flexibility index (Phi) is 24.4. The number of aromatic nitrogens is 3. The third-order valence-corrected chi connectivity index (χ3v) is 17.0. The number of nitrogens with two attached hydrogens (primary N) is 2. The molecular formula is C62H80N12O17S. The summed E-state index contributed by atoms with van der Waals surface area (Å²) in [5.74, 6) is -8.03. The van der Waals surface area contributed by atoms with Crippen LogP contribution < -0.4 is 47.5 Å². The predicted octanol–water partition coefficient (Wildman–Crippen LogP) is -1.92. The van der Waals surface area contributed by atoms with E-state index in [0.717, 1.165) is 39.2 Å². The van der Waals surface area contributed by atoms with Crippen LogP contribution in [0.25, 0.3) is 32.4 Å². The van der Waals surface area contributed by atoms with Gasteiger partial charge in [-0.05, 0) is 92.9 Å². The fourth-order valence-corrected chi connectivity index (χ4v) is 11.8. The van der Waals surface area contributed by atoms with Gasteiger partial charge in [-0.2, -0.15) is 0 Å².